The molecule has 0 bridgehead atoms. The second-order valence-corrected chi connectivity index (χ2v) is 12.8. The van der Waals surface area contributed by atoms with Crippen LogP contribution in [0.2, 0.25) is 0 Å². The molecular formula is C28H31N5O5S2. The highest BCUT2D eigenvalue weighted by atomic mass is 32.2. The molecule has 3 heterocycles. The summed E-state index contributed by atoms with van der Waals surface area (Å²) in [6.07, 6.45) is 1.29. The van der Waals surface area contributed by atoms with Gasteiger partial charge in [-0.3, -0.25) is 30.1 Å². The van der Waals surface area contributed by atoms with Crippen molar-refractivity contribution in [1.29, 1.82) is 0 Å². The molecule has 40 heavy (non-hydrogen) atoms. The molecule has 0 radical (unpaired) electrons. The number of nitrogens with one attached hydrogen (secondary N) is 3. The molecule has 2 aliphatic heterocycles. The van der Waals surface area contributed by atoms with Crippen molar-refractivity contribution in [3.05, 3.63) is 81.2 Å². The molecule has 0 atom stereocenters. The highest BCUT2D eigenvalue weighted by Crippen LogP contribution is 2.37. The molecule has 0 saturated carbocycles. The van der Waals surface area contributed by atoms with Gasteiger partial charge in [0, 0.05) is 43.5 Å². The van der Waals surface area contributed by atoms with Gasteiger partial charge in [-0.05, 0) is 60.3 Å². The predicted octanol–water partition coefficient (Wildman–Crippen LogP) is 2.91. The number of rotatable bonds is 6. The summed E-state index contributed by atoms with van der Waals surface area (Å²) in [5, 5.41) is 3.23. The van der Waals surface area contributed by atoms with Crippen LogP contribution in [0.25, 0.3) is 0 Å². The van der Waals surface area contributed by atoms with Gasteiger partial charge >= 0.3 is 0 Å². The van der Waals surface area contributed by atoms with Gasteiger partial charge in [-0.2, -0.15) is 4.31 Å². The lowest BCUT2D eigenvalue weighted by Gasteiger charge is -2.28. The Balaban J connectivity index is 1.35. The van der Waals surface area contributed by atoms with E-state index in [9.17, 15) is 22.8 Å². The summed E-state index contributed by atoms with van der Waals surface area (Å²) in [6, 6.07) is 13.6. The van der Waals surface area contributed by atoms with Crippen LogP contribution in [0.15, 0.2) is 53.4 Å². The van der Waals surface area contributed by atoms with Gasteiger partial charge in [0.25, 0.3) is 11.8 Å². The number of anilines is 1. The molecule has 0 spiro atoms. The molecule has 2 aliphatic rings. The number of benzene rings is 2. The van der Waals surface area contributed by atoms with Crippen molar-refractivity contribution in [2.75, 3.05) is 25.0 Å². The monoisotopic (exact) mass is 581 g/mol. The van der Waals surface area contributed by atoms with E-state index in [0.717, 1.165) is 34.7 Å². The molecule has 210 valence electrons. The third-order valence-electron chi connectivity index (χ3n) is 7.24. The zero-order valence-electron chi connectivity index (χ0n) is 22.3. The van der Waals surface area contributed by atoms with E-state index in [-0.39, 0.29) is 10.5 Å². The maximum atomic E-state index is 13.3. The fourth-order valence-corrected chi connectivity index (χ4v) is 7.74. The highest BCUT2D eigenvalue weighted by Gasteiger charge is 2.30. The summed E-state index contributed by atoms with van der Waals surface area (Å²) in [5.74, 6) is -1.38. The SMILES string of the molecule is CCN1CCc2c(sc(NC(=O)c3ccc(S(=O)(=O)N4CCc5ccccc5C4)cc3)c2C(=O)NNC(C)=O)C1. The minimum atomic E-state index is -3.74. The van der Waals surface area contributed by atoms with Gasteiger partial charge < -0.3 is 5.32 Å². The second kappa shape index (κ2) is 11.5. The van der Waals surface area contributed by atoms with Gasteiger partial charge in [0.1, 0.15) is 5.00 Å². The number of amides is 3. The maximum absolute atomic E-state index is 13.3. The minimum absolute atomic E-state index is 0.116. The Morgan fingerprint density at radius 2 is 1.62 bits per heavy atom. The Labute approximate surface area is 237 Å². The molecule has 0 aliphatic carbocycles. The van der Waals surface area contributed by atoms with E-state index in [4.69, 9.17) is 0 Å². The zero-order chi connectivity index (χ0) is 28.4. The zero-order valence-corrected chi connectivity index (χ0v) is 24.0. The Kier molecular flexibility index (Phi) is 8.04. The van der Waals surface area contributed by atoms with Crippen molar-refractivity contribution in [2.24, 2.45) is 0 Å². The molecule has 3 aromatic rings. The van der Waals surface area contributed by atoms with Gasteiger partial charge in [0.15, 0.2) is 0 Å². The number of hydrazine groups is 1. The van der Waals surface area contributed by atoms with Crippen molar-refractivity contribution in [2.45, 2.75) is 44.7 Å². The van der Waals surface area contributed by atoms with Crippen LogP contribution in [0.4, 0.5) is 5.00 Å². The van der Waals surface area contributed by atoms with Gasteiger partial charge in [-0.25, -0.2) is 8.42 Å². The largest absolute Gasteiger partial charge is 0.313 e. The molecule has 2 aromatic carbocycles. The molecule has 3 amide bonds. The van der Waals surface area contributed by atoms with Crippen LogP contribution >= 0.6 is 11.3 Å². The summed E-state index contributed by atoms with van der Waals surface area (Å²) < 4.78 is 28.1. The van der Waals surface area contributed by atoms with Gasteiger partial charge in [0.05, 0.1) is 10.5 Å². The van der Waals surface area contributed by atoms with Crippen LogP contribution in [0.1, 0.15) is 56.1 Å². The van der Waals surface area contributed by atoms with Crippen LogP contribution in [0, 0.1) is 0 Å². The molecule has 10 nitrogen and oxygen atoms in total. The van der Waals surface area contributed by atoms with Crippen molar-refractivity contribution < 1.29 is 22.8 Å². The van der Waals surface area contributed by atoms with Gasteiger partial charge in [-0.15, -0.1) is 11.3 Å². The predicted molar refractivity (Wildman–Crippen MR) is 152 cm³/mol. The minimum Gasteiger partial charge on any atom is -0.313 e. The quantitative estimate of drug-likeness (QED) is 0.384. The van der Waals surface area contributed by atoms with Crippen molar-refractivity contribution in [1.82, 2.24) is 20.1 Å². The normalized spacial score (nSPS) is 15.6. The van der Waals surface area contributed by atoms with Crippen molar-refractivity contribution in [3.8, 4) is 0 Å². The number of fused-ring (bicyclic) bond motifs is 2. The summed E-state index contributed by atoms with van der Waals surface area (Å²) in [4.78, 5) is 40.9. The fraction of sp³-hybridized carbons (Fsp3) is 0.321. The Morgan fingerprint density at radius 1 is 0.900 bits per heavy atom. The van der Waals surface area contributed by atoms with E-state index in [1.54, 1.807) is 0 Å². The summed E-state index contributed by atoms with van der Waals surface area (Å²) in [6.45, 7) is 6.38. The fourth-order valence-electron chi connectivity index (χ4n) is 5.04. The van der Waals surface area contributed by atoms with Crippen LogP contribution in [-0.2, 0) is 40.7 Å². The van der Waals surface area contributed by atoms with Gasteiger partial charge in [0.2, 0.25) is 15.9 Å². The lowest BCUT2D eigenvalue weighted by molar-refractivity contribution is -0.119. The number of nitrogens with zero attached hydrogens (tertiary/aromatic N) is 2. The summed E-state index contributed by atoms with van der Waals surface area (Å²) in [5.41, 5.74) is 8.32. The highest BCUT2D eigenvalue weighted by molar-refractivity contribution is 7.89. The van der Waals surface area contributed by atoms with Crippen LogP contribution in [0.3, 0.4) is 0 Å². The smallest absolute Gasteiger partial charge is 0.272 e. The van der Waals surface area contributed by atoms with Crippen LogP contribution in [-0.4, -0.2) is 55.0 Å². The number of carbonyl (C=O) groups excluding carboxylic acids is 3. The lowest BCUT2D eigenvalue weighted by Crippen LogP contribution is -2.41. The number of thiophene rings is 1. The molecule has 12 heteroatoms. The first-order valence-corrected chi connectivity index (χ1v) is 15.3. The van der Waals surface area contributed by atoms with Gasteiger partial charge in [-0.1, -0.05) is 31.2 Å². The number of likely N-dealkylation sites (N-methyl/N-ethyl adjacent to an activating group) is 1. The maximum Gasteiger partial charge on any atom is 0.272 e. The second-order valence-electron chi connectivity index (χ2n) is 9.80. The Morgan fingerprint density at radius 3 is 2.33 bits per heavy atom. The summed E-state index contributed by atoms with van der Waals surface area (Å²) in [7, 11) is -3.74. The van der Waals surface area contributed by atoms with Crippen LogP contribution in [0.5, 0.6) is 0 Å². The average Bonchev–Trinajstić information content (AvgIpc) is 3.32. The third kappa shape index (κ3) is 5.66. The topological polar surface area (TPSA) is 128 Å². The number of carbonyl (C=O) groups is 3. The molecule has 5 rings (SSSR count). The molecule has 0 fully saturated rings. The molecule has 3 N–H and O–H groups in total. The summed E-state index contributed by atoms with van der Waals surface area (Å²) >= 11 is 1.34. The Hall–Kier alpha value is -3.58. The first-order valence-electron chi connectivity index (χ1n) is 13.1. The number of sulfonamides is 1. The first-order chi connectivity index (χ1) is 19.2. The lowest BCUT2D eigenvalue weighted by atomic mass is 10.0. The average molecular weight is 582 g/mol. The van der Waals surface area contributed by atoms with E-state index in [0.29, 0.717) is 43.0 Å². The van der Waals surface area contributed by atoms with E-state index in [1.165, 1.54) is 46.8 Å². The molecular weight excluding hydrogens is 550 g/mol. The van der Waals surface area contributed by atoms with E-state index in [1.807, 2.05) is 24.3 Å². The molecule has 1 aromatic heterocycles. The van der Waals surface area contributed by atoms with E-state index < -0.39 is 27.7 Å². The van der Waals surface area contributed by atoms with E-state index in [2.05, 4.69) is 28.0 Å². The van der Waals surface area contributed by atoms with Crippen molar-refractivity contribution in [3.63, 3.8) is 0 Å². The molecule has 0 saturated heterocycles. The van der Waals surface area contributed by atoms with Crippen molar-refractivity contribution >= 4 is 44.1 Å². The number of hydrogen-bond donors (Lipinski definition) is 3. The van der Waals surface area contributed by atoms with Crippen LogP contribution < -0.4 is 16.2 Å². The third-order valence-corrected chi connectivity index (χ3v) is 10.2. The molecule has 0 unspecified atom stereocenters. The standard InChI is InChI=1S/C28H31N5O5S2/c1-3-32-14-13-23-24(17-32)39-28(25(23)27(36)31-30-18(2)34)29-26(35)20-8-10-22(11-9-20)40(37,38)33-15-12-19-6-4-5-7-21(19)16-33/h4-11H,3,12-17H2,1-2H3,(H,29,35)(H,30,34)(H,31,36). The first kappa shape index (κ1) is 28.0. The van der Waals surface area contributed by atoms with E-state index >= 15 is 0 Å². The Bertz CT molecular complexity index is 1570. The number of hydrogen-bond acceptors (Lipinski definition) is 7.